The normalized spacial score (nSPS) is 16.0. The van der Waals surface area contributed by atoms with Crippen LogP contribution in [0.1, 0.15) is 34.8 Å². The topological polar surface area (TPSA) is 122 Å². The lowest BCUT2D eigenvalue weighted by molar-refractivity contribution is 0.0957. The molecule has 0 spiro atoms. The number of aromatic nitrogens is 2. The van der Waals surface area contributed by atoms with Gasteiger partial charge in [-0.15, -0.1) is 0 Å². The number of halogens is 1. The minimum absolute atomic E-state index is 0.109. The highest BCUT2D eigenvalue weighted by molar-refractivity contribution is 9.10. The molecular weight excluding hydrogens is 594 g/mol. The molecule has 0 atom stereocenters. The maximum Gasteiger partial charge on any atom is 0.270 e. The molecule has 13 heteroatoms. The molecule has 1 aromatic heterocycles. The monoisotopic (exact) mass is 619 g/mol. The molecular formula is C25H26BrN5O5S2. The van der Waals surface area contributed by atoms with Crippen LogP contribution in [-0.2, 0) is 20.0 Å². The summed E-state index contributed by atoms with van der Waals surface area (Å²) < 4.78 is 55.5. The summed E-state index contributed by atoms with van der Waals surface area (Å²) in [5.74, 6) is -0.216. The van der Waals surface area contributed by atoms with Crippen LogP contribution < -0.4 is 9.62 Å². The number of carbonyl (C=O) groups is 1. The summed E-state index contributed by atoms with van der Waals surface area (Å²) in [7, 11) is -5.92. The summed E-state index contributed by atoms with van der Waals surface area (Å²) in [5, 5.41) is 7.99. The Kier molecular flexibility index (Phi) is 6.64. The zero-order valence-corrected chi connectivity index (χ0v) is 24.1. The highest BCUT2D eigenvalue weighted by Gasteiger charge is 2.35. The molecule has 2 aromatic carbocycles. The maximum atomic E-state index is 13.2. The van der Waals surface area contributed by atoms with Gasteiger partial charge in [0.2, 0.25) is 20.0 Å². The van der Waals surface area contributed by atoms with Crippen molar-refractivity contribution in [2.24, 2.45) is 0 Å². The molecule has 38 heavy (non-hydrogen) atoms. The average molecular weight is 621 g/mol. The van der Waals surface area contributed by atoms with E-state index in [1.165, 1.54) is 16.6 Å². The number of carbonyl (C=O) groups excluding carboxylic acids is 1. The molecule has 3 aromatic rings. The van der Waals surface area contributed by atoms with Gasteiger partial charge in [-0.05, 0) is 72.9 Å². The van der Waals surface area contributed by atoms with Gasteiger partial charge in [0, 0.05) is 23.1 Å². The van der Waals surface area contributed by atoms with Crippen molar-refractivity contribution >= 4 is 58.5 Å². The Labute approximate surface area is 229 Å². The number of hydrogen-bond acceptors (Lipinski definition) is 6. The fourth-order valence-corrected chi connectivity index (χ4v) is 6.55. The molecule has 0 saturated heterocycles. The molecule has 0 radical (unpaired) electrons. The number of fused-ring (bicyclic) bond motifs is 1. The molecule has 2 aliphatic rings. The number of sulfonamides is 2. The van der Waals surface area contributed by atoms with E-state index in [0.717, 1.165) is 39.7 Å². The zero-order chi connectivity index (χ0) is 27.4. The second-order valence-corrected chi connectivity index (χ2v) is 14.0. The molecule has 200 valence electrons. The Hall–Kier alpha value is -3.16. The standard InChI is InChI=1S/C25H26BrN5O5S2/c1-27-25(32)24-21-13-20(16-6-7-16)23(14-22(21)28-30(24)18-10-8-17(26)9-11-18)31(38(3,35)36)19-5-4-12-29(15-19)37(2,33)34/h4-5,8-14,16H,6-7,15H2,1-3H3,(H,27,32). The van der Waals surface area contributed by atoms with Crippen LogP contribution in [0.5, 0.6) is 0 Å². The first-order chi connectivity index (χ1) is 17.9. The van der Waals surface area contributed by atoms with E-state index in [2.05, 4.69) is 21.2 Å². The van der Waals surface area contributed by atoms with Crippen molar-refractivity contribution in [1.82, 2.24) is 19.4 Å². The second-order valence-electron chi connectivity index (χ2n) is 9.35. The van der Waals surface area contributed by atoms with Crippen LogP contribution in [0.25, 0.3) is 16.6 Å². The van der Waals surface area contributed by atoms with Crippen LogP contribution in [0.4, 0.5) is 5.69 Å². The Bertz CT molecular complexity index is 1720. The average Bonchev–Trinajstić information content (AvgIpc) is 3.63. The molecule has 5 rings (SSSR count). The molecule has 0 unspecified atom stereocenters. The molecule has 1 saturated carbocycles. The molecule has 1 aliphatic heterocycles. The van der Waals surface area contributed by atoms with E-state index < -0.39 is 20.0 Å². The Morgan fingerprint density at radius 3 is 2.37 bits per heavy atom. The van der Waals surface area contributed by atoms with Crippen molar-refractivity contribution in [3.8, 4) is 5.69 Å². The van der Waals surface area contributed by atoms with Crippen LogP contribution in [0, 0.1) is 0 Å². The second kappa shape index (κ2) is 9.54. The third-order valence-corrected chi connectivity index (χ3v) is 9.17. The van der Waals surface area contributed by atoms with Gasteiger partial charge in [-0.3, -0.25) is 9.10 Å². The number of benzene rings is 2. The van der Waals surface area contributed by atoms with Crippen molar-refractivity contribution < 1.29 is 21.6 Å². The third-order valence-electron chi connectivity index (χ3n) is 6.45. The van der Waals surface area contributed by atoms with Gasteiger partial charge in [-0.2, -0.15) is 5.10 Å². The van der Waals surface area contributed by atoms with Crippen molar-refractivity contribution in [3.05, 3.63) is 76.2 Å². The fraction of sp³-hybridized carbons (Fsp3) is 0.280. The predicted molar refractivity (Wildman–Crippen MR) is 150 cm³/mol. The molecule has 0 bridgehead atoms. The van der Waals surface area contributed by atoms with Crippen molar-refractivity contribution in [2.75, 3.05) is 30.4 Å². The van der Waals surface area contributed by atoms with Crippen molar-refractivity contribution in [1.29, 1.82) is 0 Å². The fourth-order valence-electron chi connectivity index (χ4n) is 4.56. The number of amides is 1. The van der Waals surface area contributed by atoms with Crippen LogP contribution in [0.15, 0.2) is 64.9 Å². The van der Waals surface area contributed by atoms with Gasteiger partial charge in [0.05, 0.1) is 41.6 Å². The first kappa shape index (κ1) is 26.4. The van der Waals surface area contributed by atoms with Crippen LogP contribution in [-0.4, -0.2) is 62.9 Å². The molecule has 1 fully saturated rings. The summed E-state index contributed by atoms with van der Waals surface area (Å²) in [6, 6.07) is 10.9. The van der Waals surface area contributed by atoms with E-state index >= 15 is 0 Å². The molecule has 10 nitrogen and oxygen atoms in total. The van der Waals surface area contributed by atoms with Crippen LogP contribution in [0.3, 0.4) is 0 Å². The number of nitrogens with zero attached hydrogens (tertiary/aromatic N) is 4. The first-order valence-electron chi connectivity index (χ1n) is 11.8. The van der Waals surface area contributed by atoms with Gasteiger partial charge >= 0.3 is 0 Å². The highest BCUT2D eigenvalue weighted by atomic mass is 79.9. The Morgan fingerprint density at radius 2 is 1.79 bits per heavy atom. The molecule has 1 amide bonds. The smallest absolute Gasteiger partial charge is 0.270 e. The quantitative estimate of drug-likeness (QED) is 0.432. The number of anilines is 1. The SMILES string of the molecule is CNC(=O)c1c2cc(C3CC3)c(N(C3=CC=CN(S(C)(=O)=O)C3)S(C)(=O)=O)cc2nn1-c1ccc(Br)cc1. The zero-order valence-electron chi connectivity index (χ0n) is 20.9. The minimum Gasteiger partial charge on any atom is -0.354 e. The maximum absolute atomic E-state index is 13.2. The van der Waals surface area contributed by atoms with E-state index in [0.29, 0.717) is 33.7 Å². The minimum atomic E-state index is -3.87. The van der Waals surface area contributed by atoms with Gasteiger partial charge in [0.25, 0.3) is 5.91 Å². The van der Waals surface area contributed by atoms with E-state index in [9.17, 15) is 21.6 Å². The highest BCUT2D eigenvalue weighted by Crippen LogP contribution is 2.47. The van der Waals surface area contributed by atoms with Gasteiger partial charge in [-0.25, -0.2) is 25.8 Å². The largest absolute Gasteiger partial charge is 0.354 e. The van der Waals surface area contributed by atoms with Crippen molar-refractivity contribution in [3.63, 3.8) is 0 Å². The van der Waals surface area contributed by atoms with Gasteiger partial charge in [-0.1, -0.05) is 15.9 Å². The number of hydrogen-bond donors (Lipinski definition) is 1. The number of rotatable bonds is 7. The van der Waals surface area contributed by atoms with E-state index in [1.807, 2.05) is 30.3 Å². The van der Waals surface area contributed by atoms with Gasteiger partial charge < -0.3 is 5.32 Å². The van der Waals surface area contributed by atoms with E-state index in [1.54, 1.807) is 23.9 Å². The van der Waals surface area contributed by atoms with Gasteiger partial charge in [0.1, 0.15) is 5.69 Å². The van der Waals surface area contributed by atoms with Crippen LogP contribution in [0.2, 0.25) is 0 Å². The lowest BCUT2D eigenvalue weighted by Gasteiger charge is -2.31. The third kappa shape index (κ3) is 4.97. The summed E-state index contributed by atoms with van der Waals surface area (Å²) in [6.07, 6.45) is 8.43. The summed E-state index contributed by atoms with van der Waals surface area (Å²) in [5.41, 5.74) is 2.91. The first-order valence-corrected chi connectivity index (χ1v) is 16.3. The lowest BCUT2D eigenvalue weighted by atomic mass is 10.0. The molecule has 1 aliphatic carbocycles. The molecule has 2 heterocycles. The predicted octanol–water partition coefficient (Wildman–Crippen LogP) is 3.46. The Balaban J connectivity index is 1.75. The van der Waals surface area contributed by atoms with Crippen molar-refractivity contribution in [2.45, 2.75) is 18.8 Å². The lowest BCUT2D eigenvalue weighted by Crippen LogP contribution is -2.38. The Morgan fingerprint density at radius 1 is 1.11 bits per heavy atom. The number of allylic oxidation sites excluding steroid dienone is 2. The van der Waals surface area contributed by atoms with E-state index in [-0.39, 0.29) is 18.4 Å². The van der Waals surface area contributed by atoms with Crippen LogP contribution >= 0.6 is 15.9 Å². The number of nitrogens with one attached hydrogen (secondary N) is 1. The summed E-state index contributed by atoms with van der Waals surface area (Å²) in [4.78, 5) is 13.0. The van der Waals surface area contributed by atoms with Gasteiger partial charge in [0.15, 0.2) is 0 Å². The van der Waals surface area contributed by atoms with E-state index in [4.69, 9.17) is 5.10 Å². The summed E-state index contributed by atoms with van der Waals surface area (Å²) >= 11 is 3.42. The molecule has 1 N–H and O–H groups in total. The summed E-state index contributed by atoms with van der Waals surface area (Å²) in [6.45, 7) is -0.138.